The van der Waals surface area contributed by atoms with Gasteiger partial charge in [-0.3, -0.25) is 19.5 Å². The van der Waals surface area contributed by atoms with Gasteiger partial charge in [0.2, 0.25) is 0 Å². The monoisotopic (exact) mass is 239 g/mol. The third-order valence-electron chi connectivity index (χ3n) is 2.30. The van der Waals surface area contributed by atoms with Gasteiger partial charge < -0.3 is 0 Å². The van der Waals surface area contributed by atoms with Gasteiger partial charge in [0, 0.05) is 19.4 Å². The van der Waals surface area contributed by atoms with Crippen LogP contribution in [0.25, 0.3) is 0 Å². The summed E-state index contributed by atoms with van der Waals surface area (Å²) in [6, 6.07) is 0. The van der Waals surface area contributed by atoms with Crippen LogP contribution in [0.3, 0.4) is 0 Å². The minimum Gasteiger partial charge on any atom is -0.300 e. The van der Waals surface area contributed by atoms with Gasteiger partial charge in [-0.15, -0.1) is 0 Å². The molecule has 0 aromatic carbocycles. The minimum absolute atomic E-state index is 0.108. The zero-order chi connectivity index (χ0) is 12.8. The standard InChI is InChI=1S/C10H13N3O4/c1-2-9(14)4-3-5-12-7-8(13(16)17)6-11-10(12)15/h6-7H,2-5H2,1H3. The first-order valence-corrected chi connectivity index (χ1v) is 5.27. The van der Waals surface area contributed by atoms with Crippen LogP contribution in [0.15, 0.2) is 17.2 Å². The summed E-state index contributed by atoms with van der Waals surface area (Å²) in [7, 11) is 0. The van der Waals surface area contributed by atoms with Crippen LogP contribution in [0.2, 0.25) is 0 Å². The van der Waals surface area contributed by atoms with E-state index in [9.17, 15) is 19.7 Å². The molecule has 1 rings (SSSR count). The molecule has 0 saturated heterocycles. The summed E-state index contributed by atoms with van der Waals surface area (Å²) in [5, 5.41) is 10.5. The van der Waals surface area contributed by atoms with Crippen molar-refractivity contribution >= 4 is 11.5 Å². The SMILES string of the molecule is CCC(=O)CCCn1cc([N+](=O)[O-])cnc1=O. The van der Waals surface area contributed by atoms with Crippen molar-refractivity contribution < 1.29 is 9.72 Å². The van der Waals surface area contributed by atoms with Crippen LogP contribution in [0, 0.1) is 10.1 Å². The molecule has 1 heterocycles. The third kappa shape index (κ3) is 3.78. The molecule has 0 aliphatic rings. The Balaban J connectivity index is 2.70. The van der Waals surface area contributed by atoms with Crippen LogP contribution < -0.4 is 5.69 Å². The maximum Gasteiger partial charge on any atom is 0.347 e. The van der Waals surface area contributed by atoms with Gasteiger partial charge in [-0.05, 0) is 6.42 Å². The number of hydrogen-bond donors (Lipinski definition) is 0. The second-order valence-corrected chi connectivity index (χ2v) is 3.54. The Kier molecular flexibility index (Phi) is 4.50. The number of aromatic nitrogens is 2. The van der Waals surface area contributed by atoms with E-state index in [0.29, 0.717) is 19.3 Å². The molecule has 0 aliphatic heterocycles. The molecular formula is C10H13N3O4. The van der Waals surface area contributed by atoms with Gasteiger partial charge >= 0.3 is 11.4 Å². The van der Waals surface area contributed by atoms with Crippen LogP contribution in [0.5, 0.6) is 0 Å². The summed E-state index contributed by atoms with van der Waals surface area (Å²) in [4.78, 5) is 35.6. The lowest BCUT2D eigenvalue weighted by molar-refractivity contribution is -0.385. The highest BCUT2D eigenvalue weighted by Crippen LogP contribution is 2.05. The van der Waals surface area contributed by atoms with E-state index in [4.69, 9.17) is 0 Å². The lowest BCUT2D eigenvalue weighted by Crippen LogP contribution is -2.22. The predicted octanol–water partition coefficient (Wildman–Crippen LogP) is 0.911. The molecule has 7 nitrogen and oxygen atoms in total. The van der Waals surface area contributed by atoms with Crippen molar-refractivity contribution in [3.8, 4) is 0 Å². The van der Waals surface area contributed by atoms with Crippen molar-refractivity contribution in [2.24, 2.45) is 0 Å². The molecule has 0 fully saturated rings. The first-order chi connectivity index (χ1) is 8.04. The Morgan fingerprint density at radius 2 is 2.29 bits per heavy atom. The number of nitro groups is 1. The number of hydrogen-bond acceptors (Lipinski definition) is 5. The molecule has 1 aromatic heterocycles. The first kappa shape index (κ1) is 13.0. The number of carbonyl (C=O) groups excluding carboxylic acids is 1. The van der Waals surface area contributed by atoms with E-state index < -0.39 is 10.6 Å². The highest BCUT2D eigenvalue weighted by Gasteiger charge is 2.09. The van der Waals surface area contributed by atoms with Gasteiger partial charge in [0.15, 0.2) is 0 Å². The highest BCUT2D eigenvalue weighted by molar-refractivity contribution is 5.77. The van der Waals surface area contributed by atoms with Crippen molar-refractivity contribution in [2.45, 2.75) is 32.7 Å². The van der Waals surface area contributed by atoms with Crippen LogP contribution >= 0.6 is 0 Å². The molecule has 0 aliphatic carbocycles. The van der Waals surface area contributed by atoms with Crippen molar-refractivity contribution in [1.82, 2.24) is 9.55 Å². The van der Waals surface area contributed by atoms with Gasteiger partial charge in [-0.2, -0.15) is 4.98 Å². The number of ketones is 1. The molecule has 0 saturated carbocycles. The second-order valence-electron chi connectivity index (χ2n) is 3.54. The van der Waals surface area contributed by atoms with E-state index in [1.165, 1.54) is 0 Å². The number of aryl methyl sites for hydroxylation is 1. The van der Waals surface area contributed by atoms with Gasteiger partial charge in [-0.25, -0.2) is 4.79 Å². The minimum atomic E-state index is -0.611. The smallest absolute Gasteiger partial charge is 0.300 e. The molecule has 0 spiro atoms. The number of Topliss-reactive ketones (excluding diaryl/α,β-unsaturated/α-hetero) is 1. The van der Waals surface area contributed by atoms with E-state index in [1.54, 1.807) is 6.92 Å². The zero-order valence-corrected chi connectivity index (χ0v) is 9.46. The van der Waals surface area contributed by atoms with Crippen molar-refractivity contribution in [2.75, 3.05) is 0 Å². The maximum atomic E-state index is 11.3. The van der Waals surface area contributed by atoms with Crippen LogP contribution in [0.1, 0.15) is 26.2 Å². The summed E-state index contributed by atoms with van der Waals surface area (Å²) in [5.41, 5.74) is -0.772. The average Bonchev–Trinajstić information content (AvgIpc) is 2.30. The van der Waals surface area contributed by atoms with Gasteiger partial charge in [0.05, 0.1) is 11.1 Å². The van der Waals surface area contributed by atoms with Gasteiger partial charge in [0.1, 0.15) is 12.0 Å². The molecule has 1 aromatic rings. The molecular weight excluding hydrogens is 226 g/mol. The van der Waals surface area contributed by atoms with Gasteiger partial charge in [-0.1, -0.05) is 6.92 Å². The predicted molar refractivity (Wildman–Crippen MR) is 59.7 cm³/mol. The van der Waals surface area contributed by atoms with Crippen molar-refractivity contribution in [1.29, 1.82) is 0 Å². The summed E-state index contributed by atoms with van der Waals surface area (Å²) in [6.45, 7) is 2.03. The Morgan fingerprint density at radius 1 is 1.59 bits per heavy atom. The zero-order valence-electron chi connectivity index (χ0n) is 9.46. The van der Waals surface area contributed by atoms with Crippen LogP contribution in [-0.2, 0) is 11.3 Å². The number of nitrogens with zero attached hydrogens (tertiary/aromatic N) is 3. The largest absolute Gasteiger partial charge is 0.347 e. The Labute approximate surface area is 97.2 Å². The molecule has 0 unspecified atom stereocenters. The topological polar surface area (TPSA) is 95.1 Å². The molecule has 7 heteroatoms. The quantitative estimate of drug-likeness (QED) is 0.543. The molecule has 92 valence electrons. The third-order valence-corrected chi connectivity index (χ3v) is 2.30. The van der Waals surface area contributed by atoms with E-state index in [1.807, 2.05) is 0 Å². The lowest BCUT2D eigenvalue weighted by atomic mass is 10.2. The molecule has 0 N–H and O–H groups in total. The Bertz CT molecular complexity index is 481. The summed E-state index contributed by atoms with van der Waals surface area (Å²) in [6.07, 6.45) is 3.38. The van der Waals surface area contributed by atoms with Crippen molar-refractivity contribution in [3.63, 3.8) is 0 Å². The van der Waals surface area contributed by atoms with E-state index in [-0.39, 0.29) is 18.0 Å². The highest BCUT2D eigenvalue weighted by atomic mass is 16.6. The summed E-state index contributed by atoms with van der Waals surface area (Å²) >= 11 is 0. The maximum absolute atomic E-state index is 11.3. The molecule has 0 atom stereocenters. The summed E-state index contributed by atoms with van der Waals surface area (Å²) < 4.78 is 1.15. The number of carbonyl (C=O) groups is 1. The Hall–Kier alpha value is -2.05. The van der Waals surface area contributed by atoms with Crippen LogP contribution in [-0.4, -0.2) is 20.3 Å². The van der Waals surface area contributed by atoms with E-state index in [0.717, 1.165) is 17.0 Å². The first-order valence-electron chi connectivity index (χ1n) is 5.27. The Morgan fingerprint density at radius 3 is 2.88 bits per heavy atom. The molecule has 0 bridgehead atoms. The fourth-order valence-corrected chi connectivity index (χ4v) is 1.32. The van der Waals surface area contributed by atoms with Crippen molar-refractivity contribution in [3.05, 3.63) is 33.0 Å². The van der Waals surface area contributed by atoms with E-state index in [2.05, 4.69) is 4.98 Å². The molecule has 0 radical (unpaired) electrons. The molecule has 17 heavy (non-hydrogen) atoms. The molecule has 0 amide bonds. The fraction of sp³-hybridized carbons (Fsp3) is 0.500. The van der Waals surface area contributed by atoms with E-state index >= 15 is 0 Å². The summed E-state index contributed by atoms with van der Waals surface area (Å²) in [5.74, 6) is 0.108. The normalized spacial score (nSPS) is 10.2. The van der Waals surface area contributed by atoms with Gasteiger partial charge in [0.25, 0.3) is 0 Å². The average molecular weight is 239 g/mol. The second kappa shape index (κ2) is 5.88. The van der Waals surface area contributed by atoms with Crippen LogP contribution in [0.4, 0.5) is 5.69 Å². The lowest BCUT2D eigenvalue weighted by Gasteiger charge is -2.03. The number of rotatable bonds is 6. The fourth-order valence-electron chi connectivity index (χ4n) is 1.32.